The van der Waals surface area contributed by atoms with Gasteiger partial charge >= 0.3 is 6.09 Å². The van der Waals surface area contributed by atoms with Gasteiger partial charge in [-0.15, -0.1) is 0 Å². The van der Waals surface area contributed by atoms with Crippen LogP contribution in [0.3, 0.4) is 0 Å². The summed E-state index contributed by atoms with van der Waals surface area (Å²) in [5.74, 6) is -1.67. The molecule has 2 aromatic rings. The van der Waals surface area contributed by atoms with Gasteiger partial charge in [0.15, 0.2) is 11.6 Å². The van der Waals surface area contributed by atoms with Crippen molar-refractivity contribution in [3.63, 3.8) is 0 Å². The highest BCUT2D eigenvalue weighted by Crippen LogP contribution is 2.29. The summed E-state index contributed by atoms with van der Waals surface area (Å²) in [6.45, 7) is 5.06. The maximum absolute atomic E-state index is 13.6. The summed E-state index contributed by atoms with van der Waals surface area (Å²) >= 11 is 3.34. The average Bonchev–Trinajstić information content (AvgIpc) is 3.17. The van der Waals surface area contributed by atoms with Crippen molar-refractivity contribution < 1.29 is 28.7 Å². The van der Waals surface area contributed by atoms with E-state index in [2.05, 4.69) is 15.9 Å². The summed E-state index contributed by atoms with van der Waals surface area (Å²) in [4.78, 5) is 53.0. The smallest absolute Gasteiger partial charge is 0.417 e. The molecule has 7 nitrogen and oxygen atoms in total. The molecule has 34 heavy (non-hydrogen) atoms. The predicted octanol–water partition coefficient (Wildman–Crippen LogP) is 5.23. The quantitative estimate of drug-likeness (QED) is 0.457. The van der Waals surface area contributed by atoms with E-state index in [1.807, 2.05) is 0 Å². The van der Waals surface area contributed by atoms with Crippen LogP contribution in [0.1, 0.15) is 47.9 Å². The van der Waals surface area contributed by atoms with Crippen LogP contribution in [0.2, 0.25) is 0 Å². The normalized spacial score (nSPS) is 16.3. The first-order valence-electron chi connectivity index (χ1n) is 10.7. The van der Waals surface area contributed by atoms with Gasteiger partial charge in [0.25, 0.3) is 5.91 Å². The molecule has 0 bridgehead atoms. The van der Waals surface area contributed by atoms with Gasteiger partial charge < -0.3 is 9.47 Å². The third kappa shape index (κ3) is 5.99. The Morgan fingerprint density at radius 3 is 2.15 bits per heavy atom. The number of nitrogens with zero attached hydrogens (tertiary/aromatic N) is 1. The summed E-state index contributed by atoms with van der Waals surface area (Å²) < 4.78 is 11.4. The molecule has 2 atom stereocenters. The summed E-state index contributed by atoms with van der Waals surface area (Å²) in [6.07, 6.45) is 1.64. The zero-order valence-corrected chi connectivity index (χ0v) is 21.0. The molecule has 2 aromatic carbocycles. The van der Waals surface area contributed by atoms with Crippen LogP contribution in [-0.2, 0) is 9.53 Å². The van der Waals surface area contributed by atoms with Crippen molar-refractivity contribution in [1.82, 2.24) is 4.90 Å². The second-order valence-corrected chi connectivity index (χ2v) is 9.79. The molecular formula is C26H26BrNO6. The van der Waals surface area contributed by atoms with Gasteiger partial charge in [0.1, 0.15) is 11.4 Å². The van der Waals surface area contributed by atoms with E-state index < -0.39 is 29.6 Å². The Bertz CT molecular complexity index is 1120. The molecule has 8 heteroatoms. The van der Waals surface area contributed by atoms with Crippen LogP contribution in [0.4, 0.5) is 4.79 Å². The van der Waals surface area contributed by atoms with Crippen LogP contribution < -0.4 is 4.74 Å². The van der Waals surface area contributed by atoms with Crippen LogP contribution in [0.15, 0.2) is 65.2 Å². The molecule has 1 aliphatic heterocycles. The van der Waals surface area contributed by atoms with E-state index in [1.165, 1.54) is 19.3 Å². The second kappa shape index (κ2) is 10.3. The first-order chi connectivity index (χ1) is 16.0. The number of carbonyl (C=O) groups is 4. The number of halogens is 1. The van der Waals surface area contributed by atoms with Crippen molar-refractivity contribution in [3.05, 3.63) is 76.3 Å². The van der Waals surface area contributed by atoms with Gasteiger partial charge in [-0.05, 0) is 57.2 Å². The molecule has 1 aliphatic rings. The Morgan fingerprint density at radius 2 is 1.59 bits per heavy atom. The van der Waals surface area contributed by atoms with Crippen molar-refractivity contribution in [3.8, 4) is 5.75 Å². The third-order valence-electron chi connectivity index (χ3n) is 5.26. The Kier molecular flexibility index (Phi) is 7.71. The van der Waals surface area contributed by atoms with Crippen LogP contribution in [-0.4, -0.2) is 47.2 Å². The fourth-order valence-corrected chi connectivity index (χ4v) is 3.89. The largest absolute Gasteiger partial charge is 0.497 e. The number of benzene rings is 2. The maximum atomic E-state index is 13.6. The van der Waals surface area contributed by atoms with E-state index in [-0.39, 0.29) is 18.0 Å². The highest BCUT2D eigenvalue weighted by atomic mass is 79.9. The van der Waals surface area contributed by atoms with Crippen LogP contribution in [0.5, 0.6) is 5.75 Å². The van der Waals surface area contributed by atoms with Gasteiger partial charge in [-0.1, -0.05) is 34.1 Å². The second-order valence-electron chi connectivity index (χ2n) is 8.87. The van der Waals surface area contributed by atoms with E-state index in [4.69, 9.17) is 9.47 Å². The lowest BCUT2D eigenvalue weighted by Crippen LogP contribution is -2.48. The highest BCUT2D eigenvalue weighted by Gasteiger charge is 2.42. The molecule has 3 rings (SSSR count). The molecule has 0 fully saturated rings. The molecule has 0 saturated heterocycles. The molecule has 0 N–H and O–H groups in total. The number of imide groups is 1. The van der Waals surface area contributed by atoms with Crippen LogP contribution in [0.25, 0.3) is 0 Å². The lowest BCUT2D eigenvalue weighted by Gasteiger charge is -2.31. The minimum Gasteiger partial charge on any atom is -0.497 e. The molecule has 178 valence electrons. The number of Topliss-reactive ketones (excluding diaryl/α,β-unsaturated/α-hetero) is 2. The number of ether oxygens (including phenoxy) is 2. The third-order valence-corrected chi connectivity index (χ3v) is 5.79. The molecule has 1 heterocycles. The van der Waals surface area contributed by atoms with Crippen LogP contribution in [0, 0.1) is 5.92 Å². The Hall–Kier alpha value is -3.26. The number of hydrogen-bond acceptors (Lipinski definition) is 6. The first-order valence-corrected chi connectivity index (χ1v) is 11.5. The van der Waals surface area contributed by atoms with E-state index in [0.29, 0.717) is 16.9 Å². The number of methoxy groups -OCH3 is 1. The zero-order chi connectivity index (χ0) is 25.0. The SMILES string of the molecule is COc1ccc(C(=O)[C@H](CC(=O)c2ccc(Br)cc2)[C@H]2C=CC(=O)N2C(=O)OC(C)(C)C)cc1. The standard InChI is InChI=1S/C26H26BrNO6/c1-26(2,3)34-25(32)28-21(13-14-23(28)30)20(15-22(29)16-5-9-18(27)10-6-16)24(31)17-7-11-19(33-4)12-8-17/h5-14,20-21H,15H2,1-4H3/t20-,21-/m1/s1. The van der Waals surface area contributed by atoms with Crippen LogP contribution >= 0.6 is 15.9 Å². The topological polar surface area (TPSA) is 90.0 Å². The lowest BCUT2D eigenvalue weighted by molar-refractivity contribution is -0.125. The molecule has 0 radical (unpaired) electrons. The van der Waals surface area contributed by atoms with Crippen molar-refractivity contribution in [2.45, 2.75) is 38.8 Å². The zero-order valence-electron chi connectivity index (χ0n) is 19.4. The van der Waals surface area contributed by atoms with E-state index in [1.54, 1.807) is 69.3 Å². The Balaban J connectivity index is 1.97. The Morgan fingerprint density at radius 1 is 1.00 bits per heavy atom. The number of carbonyl (C=O) groups excluding carboxylic acids is 4. The Labute approximate surface area is 206 Å². The molecule has 0 spiro atoms. The van der Waals surface area contributed by atoms with Crippen molar-refractivity contribution in [1.29, 1.82) is 0 Å². The summed E-state index contributed by atoms with van der Waals surface area (Å²) in [5, 5.41) is 0. The summed E-state index contributed by atoms with van der Waals surface area (Å²) in [5.41, 5.74) is -0.0769. The van der Waals surface area contributed by atoms with Crippen molar-refractivity contribution in [2.75, 3.05) is 7.11 Å². The molecule has 0 saturated carbocycles. The first kappa shape index (κ1) is 25.4. The van der Waals surface area contributed by atoms with E-state index >= 15 is 0 Å². The monoisotopic (exact) mass is 527 g/mol. The molecule has 2 amide bonds. The fraction of sp³-hybridized carbons (Fsp3) is 0.308. The maximum Gasteiger partial charge on any atom is 0.417 e. The number of hydrogen-bond donors (Lipinski definition) is 0. The number of amides is 2. The number of ketones is 2. The van der Waals surface area contributed by atoms with E-state index in [0.717, 1.165) is 9.37 Å². The van der Waals surface area contributed by atoms with Crippen molar-refractivity contribution >= 4 is 39.5 Å². The molecular weight excluding hydrogens is 502 g/mol. The highest BCUT2D eigenvalue weighted by molar-refractivity contribution is 9.10. The molecule has 0 aliphatic carbocycles. The molecule has 0 unspecified atom stereocenters. The van der Waals surface area contributed by atoms with Gasteiger partial charge in [0.2, 0.25) is 0 Å². The lowest BCUT2D eigenvalue weighted by atomic mass is 9.85. The predicted molar refractivity (Wildman–Crippen MR) is 130 cm³/mol. The van der Waals surface area contributed by atoms with Gasteiger partial charge in [0, 0.05) is 28.1 Å². The van der Waals surface area contributed by atoms with Gasteiger partial charge in [-0.3, -0.25) is 14.4 Å². The minimum absolute atomic E-state index is 0.200. The fourth-order valence-electron chi connectivity index (χ4n) is 3.62. The average molecular weight is 528 g/mol. The summed E-state index contributed by atoms with van der Waals surface area (Å²) in [6, 6.07) is 12.3. The van der Waals surface area contributed by atoms with Gasteiger partial charge in [-0.25, -0.2) is 9.69 Å². The van der Waals surface area contributed by atoms with E-state index in [9.17, 15) is 19.2 Å². The van der Waals surface area contributed by atoms with Gasteiger partial charge in [0.05, 0.1) is 19.1 Å². The molecule has 0 aromatic heterocycles. The minimum atomic E-state index is -1.00. The van der Waals surface area contributed by atoms with Gasteiger partial charge in [-0.2, -0.15) is 0 Å². The van der Waals surface area contributed by atoms with Crippen molar-refractivity contribution in [2.24, 2.45) is 5.92 Å². The number of rotatable bonds is 7. The summed E-state index contributed by atoms with van der Waals surface area (Å²) in [7, 11) is 1.52.